The third-order valence-electron chi connectivity index (χ3n) is 4.53. The minimum Gasteiger partial charge on any atom is -0.463 e. The molecule has 2 fully saturated rings. The second-order valence-corrected chi connectivity index (χ2v) is 9.76. The number of halogens is 1. The van der Waals surface area contributed by atoms with Gasteiger partial charge in [-0.3, -0.25) is 32.9 Å². The maximum Gasteiger partial charge on any atom is 0.475 e. The van der Waals surface area contributed by atoms with Crippen LogP contribution in [-0.2, 0) is 42.0 Å². The summed E-state index contributed by atoms with van der Waals surface area (Å²) in [6.45, 7) is 4.65. The largest absolute Gasteiger partial charge is 0.475 e. The number of hydrogen-bond acceptors (Lipinski definition) is 9. The lowest BCUT2D eigenvalue weighted by Gasteiger charge is -2.36. The van der Waals surface area contributed by atoms with E-state index in [0.717, 1.165) is 0 Å². The maximum absolute atomic E-state index is 12.8. The normalized spacial score (nSPS) is 37.1. The summed E-state index contributed by atoms with van der Waals surface area (Å²) in [6.07, 6.45) is -0.658. The Hall–Kier alpha value is -1.29. The summed E-state index contributed by atoms with van der Waals surface area (Å²) in [4.78, 5) is 35.1. The maximum atomic E-state index is 12.8. The number of rotatable bonds is 6. The van der Waals surface area contributed by atoms with Crippen LogP contribution in [0.2, 0.25) is 0 Å². The highest BCUT2D eigenvalue weighted by atomic mass is 35.5. The first-order chi connectivity index (χ1) is 13.5. The summed E-state index contributed by atoms with van der Waals surface area (Å²) in [5.41, 5.74) is 0. The quantitative estimate of drug-likeness (QED) is 0.258. The zero-order chi connectivity index (χ0) is 21.4. The molecule has 5 atom stereocenters. The van der Waals surface area contributed by atoms with Crippen LogP contribution in [0.15, 0.2) is 12.3 Å². The van der Waals surface area contributed by atoms with Crippen LogP contribution in [0.5, 0.6) is 0 Å². The van der Waals surface area contributed by atoms with Crippen LogP contribution in [0.3, 0.4) is 0 Å². The molecule has 3 heterocycles. The number of ether oxygens (including phenoxy) is 2. The van der Waals surface area contributed by atoms with Crippen LogP contribution >= 0.6 is 19.4 Å². The van der Waals surface area contributed by atoms with Crippen molar-refractivity contribution < 1.29 is 42.0 Å². The molecule has 0 N–H and O–H groups in total. The molecule has 2 saturated heterocycles. The van der Waals surface area contributed by atoms with Gasteiger partial charge in [0, 0.05) is 6.20 Å². The molecule has 0 aliphatic carbocycles. The first kappa shape index (κ1) is 22.4. The Morgan fingerprint density at radius 3 is 2.83 bits per heavy atom. The molecule has 29 heavy (non-hydrogen) atoms. The highest BCUT2D eigenvalue weighted by Gasteiger charge is 2.61. The average molecular weight is 452 g/mol. The van der Waals surface area contributed by atoms with Crippen molar-refractivity contribution in [2.45, 2.75) is 63.0 Å². The van der Waals surface area contributed by atoms with E-state index in [4.69, 9.17) is 34.6 Å². The van der Waals surface area contributed by atoms with Crippen LogP contribution in [0.25, 0.3) is 0 Å². The van der Waals surface area contributed by atoms with E-state index in [9.17, 15) is 18.9 Å². The van der Waals surface area contributed by atoms with E-state index in [0.29, 0.717) is 0 Å². The van der Waals surface area contributed by atoms with Crippen LogP contribution in [-0.4, -0.2) is 65.2 Å². The van der Waals surface area contributed by atoms with E-state index >= 15 is 0 Å². The molecule has 0 radical (unpaired) electrons. The Morgan fingerprint density at radius 1 is 1.45 bits per heavy atom. The van der Waals surface area contributed by atoms with Crippen molar-refractivity contribution in [3.63, 3.8) is 0 Å². The Balaban J connectivity index is 1.64. The third kappa shape index (κ3) is 4.90. The number of esters is 1. The monoisotopic (exact) mass is 451 g/mol. The van der Waals surface area contributed by atoms with Gasteiger partial charge in [-0.05, 0) is 26.8 Å². The summed E-state index contributed by atoms with van der Waals surface area (Å²) in [5.74, 6) is -1.28. The molecule has 1 amide bonds. The zero-order valence-corrected chi connectivity index (χ0v) is 17.9. The molecule has 10 nitrogen and oxygen atoms in total. The standard InChI is InChI=1S/C17H23ClNO9P/c1-10(2)26-14(22)5-7-24-29(23)25-9-12-15(28-29)17(3,18)16(27-12)19-6-4-11(20)8-13(19)21/h4,6,10,12,15-16H,5,7-9H2,1-3H3/t12-,15-,16-,17-,29+/m1/s1. The summed E-state index contributed by atoms with van der Waals surface area (Å²) < 4.78 is 39.5. The van der Waals surface area contributed by atoms with Crippen molar-refractivity contribution >= 4 is 37.1 Å². The van der Waals surface area contributed by atoms with Crippen LogP contribution in [0, 0.1) is 0 Å². The highest BCUT2D eigenvalue weighted by molar-refractivity contribution is 7.48. The summed E-state index contributed by atoms with van der Waals surface area (Å²) >= 11 is 6.64. The lowest BCUT2D eigenvalue weighted by atomic mass is 9.99. The lowest BCUT2D eigenvalue weighted by molar-refractivity contribution is -0.149. The molecular weight excluding hydrogens is 429 g/mol. The molecule has 3 aliphatic heterocycles. The molecular formula is C17H23ClNO9P. The number of hydrogen-bond donors (Lipinski definition) is 0. The molecule has 0 saturated carbocycles. The second kappa shape index (κ2) is 8.45. The fourth-order valence-electron chi connectivity index (χ4n) is 3.23. The molecule has 0 bridgehead atoms. The van der Waals surface area contributed by atoms with Crippen LogP contribution in [0.4, 0.5) is 0 Å². The fraction of sp³-hybridized carbons (Fsp3) is 0.706. The first-order valence-corrected chi connectivity index (χ1v) is 11.0. The van der Waals surface area contributed by atoms with Crippen molar-refractivity contribution in [3.8, 4) is 0 Å². The van der Waals surface area contributed by atoms with Gasteiger partial charge in [0.05, 0.1) is 32.2 Å². The number of allylic oxidation sites excluding steroid dienone is 1. The molecule has 0 aromatic rings. The molecule has 0 aromatic heterocycles. The molecule has 0 spiro atoms. The molecule has 162 valence electrons. The minimum atomic E-state index is -3.99. The first-order valence-electron chi connectivity index (χ1n) is 9.15. The van der Waals surface area contributed by atoms with Crippen LogP contribution < -0.4 is 0 Å². The van der Waals surface area contributed by atoms with Crippen molar-refractivity contribution in [2.75, 3.05) is 13.2 Å². The van der Waals surface area contributed by atoms with Gasteiger partial charge < -0.3 is 9.47 Å². The molecule has 3 aliphatic rings. The van der Waals surface area contributed by atoms with Crippen molar-refractivity contribution in [1.82, 2.24) is 4.90 Å². The Kier molecular flexibility index (Phi) is 6.53. The molecule has 3 rings (SSSR count). The number of ketones is 1. The number of carbonyl (C=O) groups excluding carboxylic acids is 3. The van der Waals surface area contributed by atoms with Gasteiger partial charge in [-0.1, -0.05) is 0 Å². The predicted molar refractivity (Wildman–Crippen MR) is 98.8 cm³/mol. The second-order valence-electron chi connectivity index (χ2n) is 7.33. The number of phosphoric ester groups is 1. The molecule has 0 unspecified atom stereocenters. The number of alkyl halides is 1. The average Bonchev–Trinajstić information content (AvgIpc) is 2.85. The number of phosphoric acid groups is 1. The van der Waals surface area contributed by atoms with Crippen molar-refractivity contribution in [1.29, 1.82) is 0 Å². The third-order valence-corrected chi connectivity index (χ3v) is 6.38. The van der Waals surface area contributed by atoms with Gasteiger partial charge in [0.25, 0.3) is 0 Å². The van der Waals surface area contributed by atoms with Crippen molar-refractivity contribution in [3.05, 3.63) is 12.3 Å². The number of fused-ring (bicyclic) bond motifs is 1. The van der Waals surface area contributed by atoms with E-state index in [1.54, 1.807) is 20.8 Å². The highest BCUT2D eigenvalue weighted by Crippen LogP contribution is 2.58. The Bertz CT molecular complexity index is 768. The van der Waals surface area contributed by atoms with Crippen LogP contribution in [0.1, 0.15) is 33.6 Å². The molecule has 12 heteroatoms. The summed E-state index contributed by atoms with van der Waals surface area (Å²) in [7, 11) is -3.99. The number of nitrogens with zero attached hydrogens (tertiary/aromatic N) is 1. The number of carbonyl (C=O) groups is 3. The smallest absolute Gasteiger partial charge is 0.463 e. The molecule has 0 aromatic carbocycles. The van der Waals surface area contributed by atoms with E-state index in [-0.39, 0.29) is 37.9 Å². The van der Waals surface area contributed by atoms with E-state index < -0.39 is 43.0 Å². The van der Waals surface area contributed by atoms with Gasteiger partial charge in [0.2, 0.25) is 5.91 Å². The minimum absolute atomic E-state index is 0.124. The fourth-order valence-corrected chi connectivity index (χ4v) is 5.11. The summed E-state index contributed by atoms with van der Waals surface area (Å²) in [5, 5.41) is 0. The number of amides is 1. The lowest BCUT2D eigenvalue weighted by Crippen LogP contribution is -2.51. The zero-order valence-electron chi connectivity index (χ0n) is 16.2. The van der Waals surface area contributed by atoms with Gasteiger partial charge in [-0.25, -0.2) is 4.57 Å². The van der Waals surface area contributed by atoms with Gasteiger partial charge in [-0.2, -0.15) is 0 Å². The SMILES string of the molecule is CC(C)OC(=O)CCO[P@@]1(=O)OC[C@H]2O[C@@H](N3C=CC(=O)CC3=O)[C@](C)(Cl)[C@@H]2O1. The van der Waals surface area contributed by atoms with Gasteiger partial charge in [0.1, 0.15) is 17.1 Å². The topological polar surface area (TPSA) is 118 Å². The summed E-state index contributed by atoms with van der Waals surface area (Å²) in [6, 6.07) is 0. The van der Waals surface area contributed by atoms with E-state index in [1.807, 2.05) is 0 Å². The van der Waals surface area contributed by atoms with Gasteiger partial charge in [0.15, 0.2) is 12.0 Å². The Labute approximate surface area is 173 Å². The van der Waals surface area contributed by atoms with Gasteiger partial charge >= 0.3 is 13.8 Å². The van der Waals surface area contributed by atoms with Gasteiger partial charge in [-0.15, -0.1) is 11.6 Å². The predicted octanol–water partition coefficient (Wildman–Crippen LogP) is 1.91. The van der Waals surface area contributed by atoms with E-state index in [1.165, 1.54) is 17.2 Å². The van der Waals surface area contributed by atoms with Crippen molar-refractivity contribution in [2.24, 2.45) is 0 Å². The van der Waals surface area contributed by atoms with E-state index in [2.05, 4.69) is 0 Å². The Morgan fingerprint density at radius 2 is 2.17 bits per heavy atom.